The number of benzene rings is 1. The van der Waals surface area contributed by atoms with E-state index in [0.29, 0.717) is 6.04 Å². The number of anilines is 1. The molecule has 0 unspecified atom stereocenters. The molecule has 0 aliphatic heterocycles. The fraction of sp³-hybridized carbons (Fsp3) is 0.294. The lowest BCUT2D eigenvalue weighted by Crippen LogP contribution is -2.14. The summed E-state index contributed by atoms with van der Waals surface area (Å²) >= 11 is 1.67. The lowest BCUT2D eigenvalue weighted by atomic mass is 10.0. The van der Waals surface area contributed by atoms with Gasteiger partial charge in [0.1, 0.15) is 17.0 Å². The first-order valence-corrected chi connectivity index (χ1v) is 8.12. The largest absolute Gasteiger partial charge is 0.367 e. The smallest absolute Gasteiger partial charge is 0.139 e. The maximum Gasteiger partial charge on any atom is 0.139 e. The number of hydrogen-bond donors (Lipinski definition) is 1. The van der Waals surface area contributed by atoms with E-state index in [-0.39, 0.29) is 0 Å². The zero-order valence-corrected chi connectivity index (χ0v) is 13.4. The Labute approximate surface area is 129 Å². The number of aryl methyl sites for hydroxylation is 1. The third-order valence-electron chi connectivity index (χ3n) is 3.73. The van der Waals surface area contributed by atoms with Gasteiger partial charge in [-0.3, -0.25) is 0 Å². The highest BCUT2D eigenvalue weighted by molar-refractivity contribution is 7.17. The maximum absolute atomic E-state index is 4.46. The number of nitrogens with one attached hydrogen (secondary N) is 1. The molecule has 0 saturated carbocycles. The predicted molar refractivity (Wildman–Crippen MR) is 91.0 cm³/mol. The summed E-state index contributed by atoms with van der Waals surface area (Å²) in [6.07, 6.45) is 2.71. The lowest BCUT2D eigenvalue weighted by Gasteiger charge is -2.13. The normalized spacial score (nSPS) is 12.5. The molecule has 0 aliphatic carbocycles. The Kier molecular flexibility index (Phi) is 3.88. The molecule has 1 aromatic carbocycles. The molecule has 2 aromatic heterocycles. The number of aromatic nitrogens is 2. The van der Waals surface area contributed by atoms with Gasteiger partial charge >= 0.3 is 0 Å². The second kappa shape index (κ2) is 5.82. The zero-order chi connectivity index (χ0) is 14.8. The Balaban J connectivity index is 2.13. The summed E-state index contributed by atoms with van der Waals surface area (Å²) in [6.45, 7) is 6.45. The summed E-state index contributed by atoms with van der Waals surface area (Å²) < 4.78 is 0. The number of hydrogen-bond acceptors (Lipinski definition) is 4. The Bertz CT molecular complexity index is 746. The van der Waals surface area contributed by atoms with Gasteiger partial charge in [-0.05, 0) is 25.8 Å². The molecule has 3 nitrogen and oxygen atoms in total. The van der Waals surface area contributed by atoms with Crippen molar-refractivity contribution in [3.8, 4) is 11.1 Å². The zero-order valence-electron chi connectivity index (χ0n) is 12.6. The molecule has 4 heteroatoms. The van der Waals surface area contributed by atoms with Crippen LogP contribution in [0.4, 0.5) is 5.82 Å². The van der Waals surface area contributed by atoms with E-state index in [1.807, 2.05) is 0 Å². The minimum atomic E-state index is 0.397. The molecule has 0 amide bonds. The minimum Gasteiger partial charge on any atom is -0.367 e. The first-order valence-electron chi connectivity index (χ1n) is 7.24. The standard InChI is InChI=1S/C17H19N3S/c1-4-12(3)20-16-15-14(9-21-17(15)19-10-18-16)13-7-5-11(2)6-8-13/h5-10,12H,4H2,1-3H3,(H,18,19,20)/t12-/m1/s1. The highest BCUT2D eigenvalue weighted by Crippen LogP contribution is 2.36. The first-order chi connectivity index (χ1) is 10.2. The summed E-state index contributed by atoms with van der Waals surface area (Å²) in [5.74, 6) is 0.936. The number of thiophene rings is 1. The van der Waals surface area contributed by atoms with Gasteiger partial charge < -0.3 is 5.32 Å². The van der Waals surface area contributed by atoms with E-state index in [4.69, 9.17) is 0 Å². The van der Waals surface area contributed by atoms with E-state index < -0.39 is 0 Å². The molecule has 3 aromatic rings. The van der Waals surface area contributed by atoms with Crippen LogP contribution in [0, 0.1) is 6.92 Å². The van der Waals surface area contributed by atoms with E-state index >= 15 is 0 Å². The number of nitrogens with zero attached hydrogens (tertiary/aromatic N) is 2. The molecule has 0 bridgehead atoms. The Hall–Kier alpha value is -1.94. The monoisotopic (exact) mass is 297 g/mol. The van der Waals surface area contributed by atoms with Gasteiger partial charge in [0, 0.05) is 17.0 Å². The Morgan fingerprint density at radius 1 is 1.19 bits per heavy atom. The van der Waals surface area contributed by atoms with Crippen LogP contribution in [0.15, 0.2) is 36.0 Å². The molecule has 0 fully saturated rings. The molecule has 0 aliphatic rings. The van der Waals surface area contributed by atoms with Gasteiger partial charge in [0.15, 0.2) is 0 Å². The molecule has 108 valence electrons. The fourth-order valence-electron chi connectivity index (χ4n) is 2.27. The van der Waals surface area contributed by atoms with Crippen LogP contribution < -0.4 is 5.32 Å². The van der Waals surface area contributed by atoms with Crippen molar-refractivity contribution in [3.05, 3.63) is 41.5 Å². The second-order valence-corrected chi connectivity index (χ2v) is 6.23. The Morgan fingerprint density at radius 3 is 2.67 bits per heavy atom. The SMILES string of the molecule is CC[C@@H](C)Nc1ncnc2scc(-c3ccc(C)cc3)c12. The molecule has 1 N–H and O–H groups in total. The predicted octanol–water partition coefficient (Wildman–Crippen LogP) is 4.88. The van der Waals surface area contributed by atoms with Crippen molar-refractivity contribution in [2.45, 2.75) is 33.2 Å². The van der Waals surface area contributed by atoms with Crippen LogP contribution in [0.5, 0.6) is 0 Å². The third kappa shape index (κ3) is 2.76. The van der Waals surface area contributed by atoms with Gasteiger partial charge in [-0.2, -0.15) is 0 Å². The summed E-state index contributed by atoms with van der Waals surface area (Å²) in [7, 11) is 0. The third-order valence-corrected chi connectivity index (χ3v) is 4.61. The van der Waals surface area contributed by atoms with Crippen LogP contribution in [-0.4, -0.2) is 16.0 Å². The lowest BCUT2D eigenvalue weighted by molar-refractivity contribution is 0.760. The number of rotatable bonds is 4. The number of fused-ring (bicyclic) bond motifs is 1. The average molecular weight is 297 g/mol. The van der Waals surface area contributed by atoms with E-state index in [1.165, 1.54) is 16.7 Å². The van der Waals surface area contributed by atoms with Crippen molar-refractivity contribution in [2.24, 2.45) is 0 Å². The summed E-state index contributed by atoms with van der Waals surface area (Å²) in [5, 5.41) is 6.80. The molecule has 0 saturated heterocycles. The average Bonchev–Trinajstić information content (AvgIpc) is 2.93. The van der Waals surface area contributed by atoms with Gasteiger partial charge in [-0.15, -0.1) is 11.3 Å². The van der Waals surface area contributed by atoms with Crippen molar-refractivity contribution < 1.29 is 0 Å². The highest BCUT2D eigenvalue weighted by atomic mass is 32.1. The van der Waals surface area contributed by atoms with E-state index in [2.05, 4.69) is 65.7 Å². The molecule has 0 radical (unpaired) electrons. The summed E-state index contributed by atoms with van der Waals surface area (Å²) in [4.78, 5) is 9.89. The summed E-state index contributed by atoms with van der Waals surface area (Å²) in [5.41, 5.74) is 3.70. The quantitative estimate of drug-likeness (QED) is 0.746. The molecular formula is C17H19N3S. The van der Waals surface area contributed by atoms with E-state index in [1.54, 1.807) is 17.7 Å². The van der Waals surface area contributed by atoms with Crippen LogP contribution in [0.2, 0.25) is 0 Å². The van der Waals surface area contributed by atoms with Crippen LogP contribution >= 0.6 is 11.3 Å². The van der Waals surface area contributed by atoms with E-state index in [9.17, 15) is 0 Å². The van der Waals surface area contributed by atoms with Crippen molar-refractivity contribution in [3.63, 3.8) is 0 Å². The Morgan fingerprint density at radius 2 is 1.95 bits per heavy atom. The molecule has 2 heterocycles. The van der Waals surface area contributed by atoms with Crippen LogP contribution in [0.3, 0.4) is 0 Å². The summed E-state index contributed by atoms with van der Waals surface area (Å²) in [6, 6.07) is 9.01. The minimum absolute atomic E-state index is 0.397. The van der Waals surface area contributed by atoms with Gasteiger partial charge in [-0.25, -0.2) is 9.97 Å². The van der Waals surface area contributed by atoms with Gasteiger partial charge in [0.25, 0.3) is 0 Å². The highest BCUT2D eigenvalue weighted by Gasteiger charge is 2.13. The van der Waals surface area contributed by atoms with Crippen LogP contribution in [-0.2, 0) is 0 Å². The van der Waals surface area contributed by atoms with Crippen molar-refractivity contribution >= 4 is 27.4 Å². The van der Waals surface area contributed by atoms with Crippen LogP contribution in [0.1, 0.15) is 25.8 Å². The van der Waals surface area contributed by atoms with Crippen LogP contribution in [0.25, 0.3) is 21.3 Å². The van der Waals surface area contributed by atoms with Gasteiger partial charge in [0.2, 0.25) is 0 Å². The fourth-order valence-corrected chi connectivity index (χ4v) is 3.18. The molecule has 0 spiro atoms. The maximum atomic E-state index is 4.46. The molecule has 21 heavy (non-hydrogen) atoms. The van der Waals surface area contributed by atoms with E-state index in [0.717, 1.165) is 22.5 Å². The molecule has 1 atom stereocenters. The first kappa shape index (κ1) is 14.0. The topological polar surface area (TPSA) is 37.8 Å². The van der Waals surface area contributed by atoms with Crippen molar-refractivity contribution in [1.82, 2.24) is 9.97 Å². The van der Waals surface area contributed by atoms with Gasteiger partial charge in [0.05, 0.1) is 5.39 Å². The van der Waals surface area contributed by atoms with Crippen molar-refractivity contribution in [2.75, 3.05) is 5.32 Å². The van der Waals surface area contributed by atoms with Gasteiger partial charge in [-0.1, -0.05) is 36.8 Å². The molecular weight excluding hydrogens is 278 g/mol. The van der Waals surface area contributed by atoms with Crippen molar-refractivity contribution in [1.29, 1.82) is 0 Å². The molecule has 3 rings (SSSR count). The second-order valence-electron chi connectivity index (χ2n) is 5.37.